The molecule has 2 N–H and O–H groups in total. The van der Waals surface area contributed by atoms with Crippen LogP contribution >= 0.6 is 11.3 Å². The van der Waals surface area contributed by atoms with Gasteiger partial charge in [-0.2, -0.15) is 0 Å². The van der Waals surface area contributed by atoms with E-state index in [0.717, 1.165) is 21.3 Å². The molecular formula is C16H10N2O2S. The number of benzene rings is 1. The number of hydrogen-bond donors (Lipinski definition) is 2. The van der Waals surface area contributed by atoms with Crippen molar-refractivity contribution in [2.45, 2.75) is 0 Å². The summed E-state index contributed by atoms with van der Waals surface area (Å²) in [4.78, 5) is 19.6. The number of pyridine rings is 2. The topological polar surface area (TPSA) is 66.0 Å². The van der Waals surface area contributed by atoms with Gasteiger partial charge in [0.05, 0.1) is 10.2 Å². The lowest BCUT2D eigenvalue weighted by atomic mass is 10.0. The van der Waals surface area contributed by atoms with E-state index in [9.17, 15) is 9.90 Å². The Morgan fingerprint density at radius 1 is 1.14 bits per heavy atom. The maximum atomic E-state index is 11.7. The summed E-state index contributed by atoms with van der Waals surface area (Å²) in [6, 6.07) is 13.0. The highest BCUT2D eigenvalue weighted by Gasteiger charge is 2.15. The molecule has 102 valence electrons. The van der Waals surface area contributed by atoms with E-state index in [1.807, 2.05) is 36.4 Å². The lowest BCUT2D eigenvalue weighted by molar-refractivity contribution is 0.481. The predicted molar refractivity (Wildman–Crippen MR) is 84.8 cm³/mol. The minimum atomic E-state index is -0.317. The number of fused-ring (bicyclic) bond motifs is 3. The smallest absolute Gasteiger partial charge is 0.252 e. The molecule has 0 bridgehead atoms. The van der Waals surface area contributed by atoms with E-state index >= 15 is 0 Å². The largest absolute Gasteiger partial charge is 0.506 e. The quantitative estimate of drug-likeness (QED) is 0.564. The van der Waals surface area contributed by atoms with Gasteiger partial charge >= 0.3 is 0 Å². The first-order chi connectivity index (χ1) is 10.2. The summed E-state index contributed by atoms with van der Waals surface area (Å²) in [6.45, 7) is 0. The molecule has 0 aliphatic carbocycles. The van der Waals surface area contributed by atoms with Gasteiger partial charge in [-0.3, -0.25) is 4.79 Å². The SMILES string of the molecule is O=c1cc(O)c2sc3nccc(-c4ccccc4)c3c2[nH]1. The zero-order valence-corrected chi connectivity index (χ0v) is 11.6. The highest BCUT2D eigenvalue weighted by atomic mass is 32.1. The average molecular weight is 294 g/mol. The van der Waals surface area contributed by atoms with Crippen molar-refractivity contribution >= 4 is 31.8 Å². The minimum Gasteiger partial charge on any atom is -0.506 e. The Morgan fingerprint density at radius 2 is 1.95 bits per heavy atom. The molecule has 3 aromatic heterocycles. The fourth-order valence-corrected chi connectivity index (χ4v) is 3.57. The van der Waals surface area contributed by atoms with Gasteiger partial charge in [-0.05, 0) is 17.2 Å². The van der Waals surface area contributed by atoms with Crippen LogP contribution in [0, 0.1) is 0 Å². The lowest BCUT2D eigenvalue weighted by Gasteiger charge is -2.03. The number of H-pyrrole nitrogens is 1. The number of thiophene rings is 1. The molecule has 0 saturated heterocycles. The molecule has 0 aliphatic rings. The van der Waals surface area contributed by atoms with E-state index in [1.165, 1.54) is 17.4 Å². The van der Waals surface area contributed by atoms with Crippen molar-refractivity contribution in [2.75, 3.05) is 0 Å². The maximum Gasteiger partial charge on any atom is 0.252 e. The number of aromatic hydroxyl groups is 1. The molecule has 5 heteroatoms. The van der Waals surface area contributed by atoms with E-state index in [-0.39, 0.29) is 11.3 Å². The molecule has 0 spiro atoms. The molecule has 0 radical (unpaired) electrons. The average Bonchev–Trinajstić information content (AvgIpc) is 2.87. The lowest BCUT2D eigenvalue weighted by Crippen LogP contribution is -2.01. The van der Waals surface area contributed by atoms with Gasteiger partial charge in [0.15, 0.2) is 0 Å². The summed E-state index contributed by atoms with van der Waals surface area (Å²) in [7, 11) is 0. The normalized spacial score (nSPS) is 11.2. The maximum absolute atomic E-state index is 11.7. The Labute approximate surface area is 123 Å². The van der Waals surface area contributed by atoms with E-state index in [1.54, 1.807) is 6.20 Å². The van der Waals surface area contributed by atoms with Gasteiger partial charge in [0.1, 0.15) is 10.6 Å². The first kappa shape index (κ1) is 12.1. The van der Waals surface area contributed by atoms with Gasteiger partial charge in [0.2, 0.25) is 0 Å². The fourth-order valence-electron chi connectivity index (χ4n) is 2.53. The third kappa shape index (κ3) is 1.82. The second-order valence-corrected chi connectivity index (χ2v) is 5.73. The molecule has 0 aliphatic heterocycles. The molecule has 0 saturated carbocycles. The highest BCUT2D eigenvalue weighted by molar-refractivity contribution is 7.25. The van der Waals surface area contributed by atoms with Crippen LogP contribution in [0.5, 0.6) is 5.75 Å². The van der Waals surface area contributed by atoms with Gasteiger partial charge in [-0.15, -0.1) is 11.3 Å². The van der Waals surface area contributed by atoms with E-state index in [4.69, 9.17) is 0 Å². The summed E-state index contributed by atoms with van der Waals surface area (Å²) in [5.74, 6) is -0.00392. The van der Waals surface area contributed by atoms with Crippen molar-refractivity contribution in [3.05, 3.63) is 59.0 Å². The van der Waals surface area contributed by atoms with Crippen LogP contribution in [0.3, 0.4) is 0 Å². The Morgan fingerprint density at radius 3 is 2.76 bits per heavy atom. The van der Waals surface area contributed by atoms with Crippen LogP contribution < -0.4 is 5.56 Å². The van der Waals surface area contributed by atoms with Gasteiger partial charge in [-0.25, -0.2) is 4.98 Å². The predicted octanol–water partition coefficient (Wildman–Crippen LogP) is 3.51. The monoisotopic (exact) mass is 294 g/mol. The van der Waals surface area contributed by atoms with Crippen molar-refractivity contribution in [3.8, 4) is 16.9 Å². The third-order valence-electron chi connectivity index (χ3n) is 3.43. The van der Waals surface area contributed by atoms with Crippen molar-refractivity contribution in [1.82, 2.24) is 9.97 Å². The number of nitrogens with one attached hydrogen (secondary N) is 1. The second kappa shape index (κ2) is 4.43. The van der Waals surface area contributed by atoms with Crippen LogP contribution in [0.15, 0.2) is 53.5 Å². The molecule has 0 atom stereocenters. The summed E-state index contributed by atoms with van der Waals surface area (Å²) in [5, 5.41) is 10.8. The van der Waals surface area contributed by atoms with Gasteiger partial charge in [-0.1, -0.05) is 30.3 Å². The molecular weight excluding hydrogens is 284 g/mol. The Kier molecular flexibility index (Phi) is 2.55. The van der Waals surface area contributed by atoms with E-state index in [2.05, 4.69) is 9.97 Å². The minimum absolute atomic E-state index is 0.00392. The number of rotatable bonds is 1. The first-order valence-electron chi connectivity index (χ1n) is 6.43. The molecule has 3 heterocycles. The first-order valence-corrected chi connectivity index (χ1v) is 7.24. The van der Waals surface area contributed by atoms with Gasteiger partial charge in [0, 0.05) is 17.6 Å². The van der Waals surface area contributed by atoms with Crippen LogP contribution in [-0.4, -0.2) is 15.1 Å². The molecule has 0 fully saturated rings. The number of aromatic amines is 1. The van der Waals surface area contributed by atoms with E-state index in [0.29, 0.717) is 10.2 Å². The Bertz CT molecular complexity index is 1020. The van der Waals surface area contributed by atoms with Crippen molar-refractivity contribution in [2.24, 2.45) is 0 Å². The molecule has 21 heavy (non-hydrogen) atoms. The third-order valence-corrected chi connectivity index (χ3v) is 4.55. The van der Waals surface area contributed by atoms with Crippen LogP contribution in [0.25, 0.3) is 31.6 Å². The van der Waals surface area contributed by atoms with Crippen molar-refractivity contribution in [1.29, 1.82) is 0 Å². The van der Waals surface area contributed by atoms with Crippen LogP contribution in [-0.2, 0) is 0 Å². The fraction of sp³-hybridized carbons (Fsp3) is 0. The van der Waals surface area contributed by atoms with E-state index < -0.39 is 0 Å². The summed E-state index contributed by atoms with van der Waals surface area (Å²) < 4.78 is 0.653. The number of aromatic nitrogens is 2. The Balaban J connectivity index is 2.21. The van der Waals surface area contributed by atoms with Gasteiger partial charge < -0.3 is 10.1 Å². The summed E-state index contributed by atoms with van der Waals surface area (Å²) >= 11 is 1.37. The zero-order valence-electron chi connectivity index (χ0n) is 10.8. The number of hydrogen-bond acceptors (Lipinski definition) is 4. The molecule has 1 aromatic carbocycles. The standard InChI is InChI=1S/C16H10N2O2S/c19-11-8-12(20)18-14-13-10(9-4-2-1-3-5-9)6-7-17-16(13)21-15(11)14/h1-8H,(H2,18,19,20). The van der Waals surface area contributed by atoms with Crippen molar-refractivity contribution in [3.63, 3.8) is 0 Å². The van der Waals surface area contributed by atoms with Crippen LogP contribution in [0.2, 0.25) is 0 Å². The Hall–Kier alpha value is -2.66. The molecule has 0 unspecified atom stereocenters. The molecule has 4 aromatic rings. The van der Waals surface area contributed by atoms with Gasteiger partial charge in [0.25, 0.3) is 5.56 Å². The van der Waals surface area contributed by atoms with Crippen molar-refractivity contribution < 1.29 is 5.11 Å². The summed E-state index contributed by atoms with van der Waals surface area (Å²) in [6.07, 6.45) is 1.75. The second-order valence-electron chi connectivity index (χ2n) is 4.73. The molecule has 0 amide bonds. The summed E-state index contributed by atoms with van der Waals surface area (Å²) in [5.41, 5.74) is 2.37. The van der Waals surface area contributed by atoms with Crippen LogP contribution in [0.1, 0.15) is 0 Å². The number of nitrogens with zero attached hydrogens (tertiary/aromatic N) is 1. The molecule has 4 nitrogen and oxygen atoms in total. The molecule has 4 rings (SSSR count). The van der Waals surface area contributed by atoms with Crippen LogP contribution in [0.4, 0.5) is 0 Å². The zero-order chi connectivity index (χ0) is 14.4. The highest BCUT2D eigenvalue weighted by Crippen LogP contribution is 2.40.